The van der Waals surface area contributed by atoms with Gasteiger partial charge in [0.2, 0.25) is 15.9 Å². The Morgan fingerprint density at radius 1 is 1.19 bits per heavy atom. The van der Waals surface area contributed by atoms with Gasteiger partial charge in [0.15, 0.2) is 5.13 Å². The van der Waals surface area contributed by atoms with Crippen molar-refractivity contribution < 1.29 is 22.7 Å². The summed E-state index contributed by atoms with van der Waals surface area (Å²) >= 11 is 7.78. The van der Waals surface area contributed by atoms with Crippen molar-refractivity contribution in [2.24, 2.45) is 5.92 Å². The summed E-state index contributed by atoms with van der Waals surface area (Å²) in [5, 5.41) is 1.16. The smallest absolute Gasteiger partial charge is 0.243 e. The van der Waals surface area contributed by atoms with Crippen LogP contribution in [0.15, 0.2) is 47.4 Å². The van der Waals surface area contributed by atoms with Gasteiger partial charge in [-0.3, -0.25) is 9.69 Å². The van der Waals surface area contributed by atoms with Crippen LogP contribution in [-0.2, 0) is 19.6 Å². The topological polar surface area (TPSA) is 89.0 Å². The van der Waals surface area contributed by atoms with Crippen molar-refractivity contribution in [1.29, 1.82) is 0 Å². The number of anilines is 1. The van der Waals surface area contributed by atoms with E-state index in [9.17, 15) is 13.2 Å². The van der Waals surface area contributed by atoms with E-state index in [1.54, 1.807) is 35.2 Å². The Balaban J connectivity index is 1.33. The van der Waals surface area contributed by atoms with Gasteiger partial charge in [-0.25, -0.2) is 13.4 Å². The van der Waals surface area contributed by atoms with Gasteiger partial charge in [-0.05, 0) is 62.1 Å². The number of benzene rings is 2. The van der Waals surface area contributed by atoms with Gasteiger partial charge in [-0.2, -0.15) is 4.31 Å². The van der Waals surface area contributed by atoms with E-state index in [1.807, 2.05) is 12.1 Å². The molecule has 0 aliphatic carbocycles. The molecular weight excluding hydrogens is 522 g/mol. The molecule has 0 radical (unpaired) electrons. The molecule has 1 amide bonds. The molecule has 1 atom stereocenters. The maximum Gasteiger partial charge on any atom is 0.243 e. The fourth-order valence-electron chi connectivity index (χ4n) is 4.73. The number of rotatable bonds is 7. The van der Waals surface area contributed by atoms with Crippen molar-refractivity contribution in [2.75, 3.05) is 38.3 Å². The first kappa shape index (κ1) is 25.4. The minimum atomic E-state index is -3.64. The summed E-state index contributed by atoms with van der Waals surface area (Å²) in [6, 6.07) is 12.0. The summed E-state index contributed by atoms with van der Waals surface area (Å²) in [6.45, 7) is 1.69. The number of hydrogen-bond donors (Lipinski definition) is 0. The first-order chi connectivity index (χ1) is 17.4. The van der Waals surface area contributed by atoms with Crippen molar-refractivity contribution in [3.8, 4) is 5.75 Å². The zero-order chi connectivity index (χ0) is 25.3. The molecule has 2 saturated heterocycles. The minimum absolute atomic E-state index is 0.0352. The van der Waals surface area contributed by atoms with Crippen LogP contribution < -0.4 is 9.64 Å². The van der Waals surface area contributed by atoms with Crippen LogP contribution in [0, 0.1) is 5.92 Å². The SMILES string of the molecule is COc1ccc(S(=O)(=O)N2CCC(C(=O)N(CC3CCCO3)c3nc4c(Cl)cccc4s3)CC2)cc1. The number of ether oxygens (including phenoxy) is 2. The van der Waals surface area contributed by atoms with Crippen LogP contribution in [0.2, 0.25) is 5.02 Å². The van der Waals surface area contributed by atoms with Crippen LogP contribution in [0.1, 0.15) is 25.7 Å². The summed E-state index contributed by atoms with van der Waals surface area (Å²) < 4.78 is 39.6. The third-order valence-electron chi connectivity index (χ3n) is 6.77. The molecule has 192 valence electrons. The highest BCUT2D eigenvalue weighted by Crippen LogP contribution is 2.35. The van der Waals surface area contributed by atoms with E-state index in [1.165, 1.54) is 22.8 Å². The van der Waals surface area contributed by atoms with Gasteiger partial charge in [-0.1, -0.05) is 29.0 Å². The van der Waals surface area contributed by atoms with Crippen LogP contribution in [0.3, 0.4) is 0 Å². The molecule has 8 nitrogen and oxygen atoms in total. The van der Waals surface area contributed by atoms with E-state index in [0.29, 0.717) is 47.4 Å². The highest BCUT2D eigenvalue weighted by atomic mass is 35.5. The quantitative estimate of drug-likeness (QED) is 0.429. The van der Waals surface area contributed by atoms with Gasteiger partial charge in [0.25, 0.3) is 0 Å². The Kier molecular flexibility index (Phi) is 7.50. The second-order valence-corrected chi connectivity index (χ2v) is 12.4. The second-order valence-electron chi connectivity index (χ2n) is 9.02. The van der Waals surface area contributed by atoms with Gasteiger partial charge >= 0.3 is 0 Å². The molecule has 11 heteroatoms. The average molecular weight is 550 g/mol. The van der Waals surface area contributed by atoms with Crippen LogP contribution in [0.5, 0.6) is 5.75 Å². The molecule has 36 heavy (non-hydrogen) atoms. The highest BCUT2D eigenvalue weighted by molar-refractivity contribution is 7.89. The number of methoxy groups -OCH3 is 1. The highest BCUT2D eigenvalue weighted by Gasteiger charge is 2.36. The lowest BCUT2D eigenvalue weighted by Crippen LogP contribution is -2.46. The summed E-state index contributed by atoms with van der Waals surface area (Å²) in [7, 11) is -2.10. The molecule has 0 spiro atoms. The fourth-order valence-corrected chi connectivity index (χ4v) is 7.48. The Morgan fingerprint density at radius 2 is 1.94 bits per heavy atom. The number of nitrogens with zero attached hydrogens (tertiary/aromatic N) is 3. The summed E-state index contributed by atoms with van der Waals surface area (Å²) in [5.74, 6) is 0.263. The molecule has 2 aromatic carbocycles. The molecule has 0 saturated carbocycles. The van der Waals surface area contributed by atoms with E-state index in [-0.39, 0.29) is 35.9 Å². The van der Waals surface area contributed by atoms with Crippen molar-refractivity contribution in [3.05, 3.63) is 47.5 Å². The Morgan fingerprint density at radius 3 is 2.58 bits per heavy atom. The molecule has 0 bridgehead atoms. The number of para-hydroxylation sites is 1. The molecule has 1 aromatic heterocycles. The molecule has 1 unspecified atom stereocenters. The van der Waals surface area contributed by atoms with Crippen molar-refractivity contribution in [3.63, 3.8) is 0 Å². The van der Waals surface area contributed by atoms with E-state index in [4.69, 9.17) is 26.1 Å². The van der Waals surface area contributed by atoms with E-state index in [2.05, 4.69) is 0 Å². The summed E-state index contributed by atoms with van der Waals surface area (Å²) in [4.78, 5) is 20.4. The first-order valence-corrected chi connectivity index (χ1v) is 14.6. The standard InChI is InChI=1S/C25H28ClN3O5S2/c1-33-18-7-9-20(10-8-18)36(31,32)28-13-11-17(12-14-28)24(30)29(16-19-4-3-15-34-19)25-27-23-21(26)5-2-6-22(23)35-25/h2,5-10,17,19H,3-4,11-16H2,1H3. The van der Waals surface area contributed by atoms with Crippen LogP contribution in [0.25, 0.3) is 10.2 Å². The first-order valence-electron chi connectivity index (χ1n) is 12.0. The maximum atomic E-state index is 13.8. The molecule has 2 fully saturated rings. The lowest BCUT2D eigenvalue weighted by atomic mass is 9.96. The number of fused-ring (bicyclic) bond motifs is 1. The third kappa shape index (κ3) is 5.10. The van der Waals surface area contributed by atoms with Crippen molar-refractivity contribution in [1.82, 2.24) is 9.29 Å². The van der Waals surface area contributed by atoms with Gasteiger partial charge in [-0.15, -0.1) is 0 Å². The lowest BCUT2D eigenvalue weighted by molar-refractivity contribution is -0.123. The molecule has 5 rings (SSSR count). The van der Waals surface area contributed by atoms with Crippen LogP contribution in [-0.4, -0.2) is 63.1 Å². The van der Waals surface area contributed by atoms with Crippen molar-refractivity contribution in [2.45, 2.75) is 36.7 Å². The molecule has 0 N–H and O–H groups in total. The summed E-state index contributed by atoms with van der Waals surface area (Å²) in [5.41, 5.74) is 0.685. The number of thiazole rings is 1. The number of halogens is 1. The predicted octanol–water partition coefficient (Wildman–Crippen LogP) is 4.57. The Hall–Kier alpha value is -2.24. The molecule has 3 aromatic rings. The number of piperidine rings is 1. The lowest BCUT2D eigenvalue weighted by Gasteiger charge is -2.33. The normalized spacial score (nSPS) is 19.6. The monoisotopic (exact) mass is 549 g/mol. The molecule has 2 aliphatic rings. The average Bonchev–Trinajstić information content (AvgIpc) is 3.57. The second kappa shape index (κ2) is 10.6. The number of amides is 1. The molecule has 2 aliphatic heterocycles. The largest absolute Gasteiger partial charge is 0.497 e. The zero-order valence-corrected chi connectivity index (χ0v) is 22.3. The number of sulfonamides is 1. The number of carbonyl (C=O) groups excluding carboxylic acids is 1. The Labute approximate surface area is 219 Å². The maximum absolute atomic E-state index is 13.8. The third-order valence-corrected chi connectivity index (χ3v) is 10.0. The fraction of sp³-hybridized carbons (Fsp3) is 0.440. The van der Waals surface area contributed by atoms with E-state index in [0.717, 1.165) is 17.5 Å². The van der Waals surface area contributed by atoms with Crippen LogP contribution >= 0.6 is 22.9 Å². The molecular formula is C25H28ClN3O5S2. The van der Waals surface area contributed by atoms with Crippen molar-refractivity contribution >= 4 is 54.2 Å². The van der Waals surface area contributed by atoms with Crippen LogP contribution in [0.4, 0.5) is 5.13 Å². The van der Waals surface area contributed by atoms with Gasteiger partial charge < -0.3 is 9.47 Å². The number of carbonyl (C=O) groups is 1. The molecule has 3 heterocycles. The predicted molar refractivity (Wildman–Crippen MR) is 140 cm³/mol. The van der Waals surface area contributed by atoms with Gasteiger partial charge in [0.05, 0.1) is 34.4 Å². The number of aromatic nitrogens is 1. The minimum Gasteiger partial charge on any atom is -0.497 e. The Bertz CT molecular complexity index is 1330. The van der Waals surface area contributed by atoms with Gasteiger partial charge in [0, 0.05) is 25.6 Å². The number of hydrogen-bond acceptors (Lipinski definition) is 7. The van der Waals surface area contributed by atoms with E-state index >= 15 is 0 Å². The zero-order valence-electron chi connectivity index (χ0n) is 19.9. The van der Waals surface area contributed by atoms with E-state index < -0.39 is 10.0 Å². The van der Waals surface area contributed by atoms with Gasteiger partial charge in [0.1, 0.15) is 11.3 Å². The summed E-state index contributed by atoms with van der Waals surface area (Å²) in [6.07, 6.45) is 2.73.